The number of aliphatic hydroxyl groups is 1. The number of rotatable bonds is 3. The number of aliphatic hydroxyl groups excluding tert-OH is 1. The van der Waals surface area contributed by atoms with E-state index in [4.69, 9.17) is 0 Å². The molecule has 0 spiro atoms. The first-order valence-electron chi connectivity index (χ1n) is 9.85. The van der Waals surface area contributed by atoms with Crippen LogP contribution in [-0.4, -0.2) is 35.2 Å². The molecule has 2 nitrogen and oxygen atoms in total. The molecule has 0 unspecified atom stereocenters. The van der Waals surface area contributed by atoms with Crippen LogP contribution in [0.15, 0.2) is 60.7 Å². The molecule has 1 aliphatic carbocycles. The van der Waals surface area contributed by atoms with Crippen LogP contribution in [0.1, 0.15) is 55.1 Å². The van der Waals surface area contributed by atoms with Crippen molar-refractivity contribution in [3.63, 3.8) is 0 Å². The summed E-state index contributed by atoms with van der Waals surface area (Å²) in [6.45, 7) is 2.23. The Morgan fingerprint density at radius 1 is 0.720 bits per heavy atom. The quantitative estimate of drug-likeness (QED) is 0.888. The summed E-state index contributed by atoms with van der Waals surface area (Å²) in [5, 5.41) is 11.1. The van der Waals surface area contributed by atoms with Crippen molar-refractivity contribution >= 4 is 0 Å². The van der Waals surface area contributed by atoms with Gasteiger partial charge in [-0.15, -0.1) is 0 Å². The average molecular weight is 335 g/mol. The van der Waals surface area contributed by atoms with Gasteiger partial charge in [0.2, 0.25) is 0 Å². The van der Waals surface area contributed by atoms with Gasteiger partial charge in [-0.2, -0.15) is 0 Å². The molecule has 2 aromatic rings. The number of nitrogens with zero attached hydrogens (tertiary/aromatic N) is 1. The van der Waals surface area contributed by atoms with Crippen LogP contribution in [0.5, 0.6) is 0 Å². The third-order valence-corrected chi connectivity index (χ3v) is 6.32. The molecule has 1 N–H and O–H groups in total. The molecule has 132 valence electrons. The van der Waals surface area contributed by atoms with Gasteiger partial charge >= 0.3 is 0 Å². The van der Waals surface area contributed by atoms with Gasteiger partial charge in [-0.25, -0.2) is 0 Å². The Balaban J connectivity index is 1.40. The van der Waals surface area contributed by atoms with Crippen LogP contribution in [0.25, 0.3) is 0 Å². The molecule has 2 heteroatoms. The highest BCUT2D eigenvalue weighted by Gasteiger charge is 2.37. The summed E-state index contributed by atoms with van der Waals surface area (Å²) in [6.07, 6.45) is 5.67. The zero-order chi connectivity index (χ0) is 17.1. The maximum atomic E-state index is 11.1. The highest BCUT2D eigenvalue weighted by atomic mass is 16.3. The van der Waals surface area contributed by atoms with Crippen LogP contribution in [0.2, 0.25) is 0 Å². The van der Waals surface area contributed by atoms with E-state index in [2.05, 4.69) is 65.6 Å². The molecule has 2 aliphatic rings. The van der Waals surface area contributed by atoms with E-state index in [0.717, 1.165) is 25.9 Å². The first kappa shape index (κ1) is 16.8. The van der Waals surface area contributed by atoms with Gasteiger partial charge < -0.3 is 5.11 Å². The Hall–Kier alpha value is -1.64. The molecule has 2 aromatic carbocycles. The second kappa shape index (κ2) is 7.72. The van der Waals surface area contributed by atoms with E-state index >= 15 is 0 Å². The minimum atomic E-state index is -0.232. The molecule has 2 fully saturated rings. The molecule has 0 aromatic heterocycles. The number of benzene rings is 2. The third kappa shape index (κ3) is 3.65. The zero-order valence-electron chi connectivity index (χ0n) is 14.9. The largest absolute Gasteiger partial charge is 0.391 e. The SMILES string of the molecule is O[C@H]1[C@H](N2CCC(c3ccccc3)CC2)CCC[C@H]1c1ccccc1. The maximum absolute atomic E-state index is 11.1. The van der Waals surface area contributed by atoms with Crippen molar-refractivity contribution in [2.75, 3.05) is 13.1 Å². The first-order valence-corrected chi connectivity index (χ1v) is 9.85. The van der Waals surface area contributed by atoms with Crippen LogP contribution >= 0.6 is 0 Å². The van der Waals surface area contributed by atoms with E-state index in [0.29, 0.717) is 17.9 Å². The Morgan fingerprint density at radius 2 is 1.32 bits per heavy atom. The van der Waals surface area contributed by atoms with Gasteiger partial charge in [0.05, 0.1) is 6.10 Å². The Kier molecular flexibility index (Phi) is 5.19. The van der Waals surface area contributed by atoms with Gasteiger partial charge in [-0.05, 0) is 55.8 Å². The monoisotopic (exact) mass is 335 g/mol. The summed E-state index contributed by atoms with van der Waals surface area (Å²) in [5.41, 5.74) is 2.78. The number of hydrogen-bond donors (Lipinski definition) is 1. The standard InChI is InChI=1S/C23H29NO/c25-23-21(20-10-5-2-6-11-20)12-7-13-22(23)24-16-14-19(15-17-24)18-8-3-1-4-9-18/h1-6,8-11,19,21-23,25H,7,12-17H2/t21-,22+,23+/m0/s1. The molecule has 1 saturated carbocycles. The Bertz CT molecular complexity index is 648. The predicted molar refractivity (Wildman–Crippen MR) is 103 cm³/mol. The van der Waals surface area contributed by atoms with Crippen LogP contribution in [0.4, 0.5) is 0 Å². The number of likely N-dealkylation sites (tertiary alicyclic amines) is 1. The fourth-order valence-electron chi connectivity index (χ4n) is 4.91. The number of hydrogen-bond acceptors (Lipinski definition) is 2. The summed E-state index contributed by atoms with van der Waals surface area (Å²) >= 11 is 0. The highest BCUT2D eigenvalue weighted by molar-refractivity contribution is 5.23. The van der Waals surface area contributed by atoms with Crippen LogP contribution in [0, 0.1) is 0 Å². The zero-order valence-corrected chi connectivity index (χ0v) is 14.9. The molecule has 0 amide bonds. The smallest absolute Gasteiger partial charge is 0.0763 e. The third-order valence-electron chi connectivity index (χ3n) is 6.32. The van der Waals surface area contributed by atoms with Crippen molar-refractivity contribution in [2.45, 2.75) is 56.1 Å². The topological polar surface area (TPSA) is 23.5 Å². The summed E-state index contributed by atoms with van der Waals surface area (Å²) in [5.74, 6) is 0.981. The van der Waals surface area contributed by atoms with Crippen molar-refractivity contribution in [1.29, 1.82) is 0 Å². The Labute approximate surface area is 151 Å². The van der Waals surface area contributed by atoms with Gasteiger partial charge in [0, 0.05) is 12.0 Å². The van der Waals surface area contributed by atoms with Crippen LogP contribution in [0.3, 0.4) is 0 Å². The molecular formula is C23H29NO. The first-order chi connectivity index (χ1) is 12.3. The van der Waals surface area contributed by atoms with E-state index < -0.39 is 0 Å². The van der Waals surface area contributed by atoms with E-state index in [-0.39, 0.29) is 6.10 Å². The molecule has 4 rings (SSSR count). The van der Waals surface area contributed by atoms with Crippen molar-refractivity contribution in [3.8, 4) is 0 Å². The van der Waals surface area contributed by atoms with E-state index in [1.54, 1.807) is 0 Å². The minimum Gasteiger partial charge on any atom is -0.391 e. The van der Waals surface area contributed by atoms with E-state index in [1.165, 1.54) is 30.4 Å². The van der Waals surface area contributed by atoms with Gasteiger partial charge in [0.15, 0.2) is 0 Å². The second-order valence-electron chi connectivity index (χ2n) is 7.73. The summed E-state index contributed by atoms with van der Waals surface area (Å²) < 4.78 is 0. The normalized spacial score (nSPS) is 28.8. The summed E-state index contributed by atoms with van der Waals surface area (Å²) in [7, 11) is 0. The molecule has 25 heavy (non-hydrogen) atoms. The minimum absolute atomic E-state index is 0.232. The fraction of sp³-hybridized carbons (Fsp3) is 0.478. The van der Waals surface area contributed by atoms with E-state index in [1.807, 2.05) is 0 Å². The lowest BCUT2D eigenvalue weighted by atomic mass is 9.77. The average Bonchev–Trinajstić information content (AvgIpc) is 2.70. The second-order valence-corrected chi connectivity index (χ2v) is 7.73. The summed E-state index contributed by atoms with van der Waals surface area (Å²) in [6, 6.07) is 21.9. The lowest BCUT2D eigenvalue weighted by Gasteiger charge is -2.44. The summed E-state index contributed by atoms with van der Waals surface area (Å²) in [4.78, 5) is 2.57. The lowest BCUT2D eigenvalue weighted by molar-refractivity contribution is -0.00481. The lowest BCUT2D eigenvalue weighted by Crippen LogP contribution is -2.50. The fourth-order valence-corrected chi connectivity index (χ4v) is 4.91. The Morgan fingerprint density at radius 3 is 1.96 bits per heavy atom. The van der Waals surface area contributed by atoms with Gasteiger partial charge in [0.1, 0.15) is 0 Å². The molecular weight excluding hydrogens is 306 g/mol. The molecule has 1 heterocycles. The molecule has 3 atom stereocenters. The van der Waals surface area contributed by atoms with Crippen LogP contribution in [-0.2, 0) is 0 Å². The molecule has 1 aliphatic heterocycles. The van der Waals surface area contributed by atoms with Crippen molar-refractivity contribution < 1.29 is 5.11 Å². The highest BCUT2D eigenvalue weighted by Crippen LogP contribution is 2.37. The molecule has 0 bridgehead atoms. The van der Waals surface area contributed by atoms with Crippen LogP contribution < -0.4 is 0 Å². The van der Waals surface area contributed by atoms with Gasteiger partial charge in [0.25, 0.3) is 0 Å². The van der Waals surface area contributed by atoms with Gasteiger partial charge in [-0.3, -0.25) is 4.90 Å². The molecule has 1 saturated heterocycles. The van der Waals surface area contributed by atoms with Crippen molar-refractivity contribution in [2.24, 2.45) is 0 Å². The number of piperidine rings is 1. The predicted octanol–water partition coefficient (Wildman–Crippen LogP) is 4.56. The van der Waals surface area contributed by atoms with Crippen molar-refractivity contribution in [3.05, 3.63) is 71.8 Å². The molecule has 0 radical (unpaired) electrons. The van der Waals surface area contributed by atoms with E-state index in [9.17, 15) is 5.11 Å². The maximum Gasteiger partial charge on any atom is 0.0763 e. The van der Waals surface area contributed by atoms with Gasteiger partial charge in [-0.1, -0.05) is 67.1 Å². The van der Waals surface area contributed by atoms with Crippen molar-refractivity contribution in [1.82, 2.24) is 4.90 Å².